The maximum atomic E-state index is 12.5. The van der Waals surface area contributed by atoms with Gasteiger partial charge < -0.3 is 9.47 Å². The van der Waals surface area contributed by atoms with E-state index in [1.165, 1.54) is 19.2 Å². The molecule has 0 aromatic heterocycles. The summed E-state index contributed by atoms with van der Waals surface area (Å²) in [5, 5.41) is 0.106. The molecular weight excluding hydrogens is 366 g/mol. The van der Waals surface area contributed by atoms with Crippen molar-refractivity contribution in [3.63, 3.8) is 0 Å². The number of hydrogen-bond acceptors (Lipinski definition) is 5. The van der Waals surface area contributed by atoms with Gasteiger partial charge in [0, 0.05) is 5.69 Å². The highest BCUT2D eigenvalue weighted by molar-refractivity contribution is 7.92. The molecule has 0 heterocycles. The summed E-state index contributed by atoms with van der Waals surface area (Å²) in [6.07, 6.45) is 1.61. The van der Waals surface area contributed by atoms with Crippen molar-refractivity contribution in [2.45, 2.75) is 4.90 Å². The number of rotatable bonds is 7. The number of benzene rings is 2. The first-order valence-electron chi connectivity index (χ1n) is 7.12. The van der Waals surface area contributed by atoms with Crippen molar-refractivity contribution in [3.8, 4) is 5.75 Å². The predicted octanol–water partition coefficient (Wildman–Crippen LogP) is 3.49. The second-order valence-electron chi connectivity index (χ2n) is 4.86. The average molecular weight is 382 g/mol. The molecule has 0 aliphatic rings. The van der Waals surface area contributed by atoms with Crippen LogP contribution < -0.4 is 9.46 Å². The van der Waals surface area contributed by atoms with Gasteiger partial charge in [-0.05, 0) is 42.5 Å². The van der Waals surface area contributed by atoms with Crippen LogP contribution in [0.25, 0.3) is 0 Å². The fraction of sp³-hybridized carbons (Fsp3) is 0.118. The van der Waals surface area contributed by atoms with Crippen LogP contribution in [0.15, 0.2) is 60.0 Å². The molecule has 2 aromatic carbocycles. The summed E-state index contributed by atoms with van der Waals surface area (Å²) in [4.78, 5) is 11.5. The van der Waals surface area contributed by atoms with Crippen LogP contribution in [0.5, 0.6) is 5.75 Å². The third-order valence-corrected chi connectivity index (χ3v) is 4.84. The Morgan fingerprint density at radius 1 is 1.24 bits per heavy atom. The minimum absolute atomic E-state index is 0.0276. The molecule has 0 aliphatic heterocycles. The molecule has 0 saturated carbocycles. The zero-order valence-corrected chi connectivity index (χ0v) is 14.9. The first-order valence-corrected chi connectivity index (χ1v) is 8.98. The van der Waals surface area contributed by atoms with Gasteiger partial charge in [-0.25, -0.2) is 13.2 Å². The molecule has 25 heavy (non-hydrogen) atoms. The summed E-state index contributed by atoms with van der Waals surface area (Å²) in [5.41, 5.74) is 0.320. The highest BCUT2D eigenvalue weighted by atomic mass is 35.5. The molecule has 2 aromatic rings. The number of carbonyl (C=O) groups is 1. The van der Waals surface area contributed by atoms with Gasteiger partial charge >= 0.3 is 5.97 Å². The number of hydrogen-bond donors (Lipinski definition) is 1. The Morgan fingerprint density at radius 3 is 2.52 bits per heavy atom. The molecule has 0 unspecified atom stereocenters. The van der Waals surface area contributed by atoms with Crippen LogP contribution in [0.4, 0.5) is 5.69 Å². The van der Waals surface area contributed by atoms with Gasteiger partial charge in [-0.3, -0.25) is 4.72 Å². The number of sulfonamides is 1. The van der Waals surface area contributed by atoms with E-state index >= 15 is 0 Å². The van der Waals surface area contributed by atoms with Gasteiger partial charge in [-0.2, -0.15) is 0 Å². The smallest absolute Gasteiger partial charge is 0.339 e. The molecule has 0 amide bonds. The molecule has 1 N–H and O–H groups in total. The van der Waals surface area contributed by atoms with Crippen LogP contribution in [-0.2, 0) is 14.8 Å². The number of halogens is 1. The van der Waals surface area contributed by atoms with Gasteiger partial charge in [-0.15, -0.1) is 0 Å². The summed E-state index contributed by atoms with van der Waals surface area (Å²) in [6.45, 7) is 3.90. The van der Waals surface area contributed by atoms with E-state index in [2.05, 4.69) is 16.0 Å². The van der Waals surface area contributed by atoms with Gasteiger partial charge in [0.2, 0.25) is 0 Å². The first-order chi connectivity index (χ1) is 11.9. The number of nitrogens with one attached hydrogen (secondary N) is 1. The van der Waals surface area contributed by atoms with Crippen LogP contribution in [-0.4, -0.2) is 28.1 Å². The summed E-state index contributed by atoms with van der Waals surface area (Å²) < 4.78 is 37.3. The third kappa shape index (κ3) is 4.74. The van der Waals surface area contributed by atoms with E-state index in [-0.39, 0.29) is 15.5 Å². The van der Waals surface area contributed by atoms with Crippen LogP contribution >= 0.6 is 11.6 Å². The van der Waals surface area contributed by atoms with Crippen LogP contribution in [0, 0.1) is 0 Å². The van der Waals surface area contributed by atoms with Crippen molar-refractivity contribution < 1.29 is 22.7 Å². The van der Waals surface area contributed by atoms with E-state index in [4.69, 9.17) is 16.3 Å². The Bertz CT molecular complexity index is 878. The van der Waals surface area contributed by atoms with E-state index in [0.29, 0.717) is 18.0 Å². The molecule has 0 aliphatic carbocycles. The summed E-state index contributed by atoms with van der Waals surface area (Å²) >= 11 is 5.90. The largest absolute Gasteiger partial charge is 0.490 e. The Kier molecular flexibility index (Phi) is 6.06. The number of esters is 1. The molecule has 0 fully saturated rings. The van der Waals surface area contributed by atoms with E-state index in [0.717, 1.165) is 6.07 Å². The zero-order chi connectivity index (χ0) is 18.4. The lowest BCUT2D eigenvalue weighted by atomic mass is 10.2. The van der Waals surface area contributed by atoms with Crippen LogP contribution in [0.3, 0.4) is 0 Å². The van der Waals surface area contributed by atoms with E-state index in [1.807, 2.05) is 0 Å². The second kappa shape index (κ2) is 8.04. The molecule has 6 nitrogen and oxygen atoms in total. The molecule has 0 atom stereocenters. The third-order valence-electron chi connectivity index (χ3n) is 3.13. The molecule has 0 spiro atoms. The van der Waals surface area contributed by atoms with Gasteiger partial charge in [0.15, 0.2) is 0 Å². The van der Waals surface area contributed by atoms with Gasteiger partial charge in [0.1, 0.15) is 12.4 Å². The Labute approximate surface area is 151 Å². The van der Waals surface area contributed by atoms with Crippen LogP contribution in [0.1, 0.15) is 10.4 Å². The minimum atomic E-state index is -3.90. The molecule has 132 valence electrons. The Balaban J connectivity index is 2.24. The van der Waals surface area contributed by atoms with Crippen molar-refractivity contribution >= 4 is 33.3 Å². The molecule has 0 saturated heterocycles. The summed E-state index contributed by atoms with van der Waals surface area (Å²) in [7, 11) is -2.71. The standard InChI is InChI=1S/C17H16ClNO5S/c1-3-10-24-13-6-4-12(5-7-13)19-25(21,22)14-8-9-16(18)15(11-14)17(20)23-2/h3-9,11,19H,1,10H2,2H3. The Morgan fingerprint density at radius 2 is 1.92 bits per heavy atom. The first kappa shape index (κ1) is 18.8. The van der Waals surface area contributed by atoms with Crippen molar-refractivity contribution in [3.05, 3.63) is 65.7 Å². The van der Waals surface area contributed by atoms with Crippen LogP contribution in [0.2, 0.25) is 5.02 Å². The number of anilines is 1. The predicted molar refractivity (Wildman–Crippen MR) is 95.7 cm³/mol. The fourth-order valence-electron chi connectivity index (χ4n) is 1.93. The fourth-order valence-corrected chi connectivity index (χ4v) is 3.21. The van der Waals surface area contributed by atoms with E-state index in [1.54, 1.807) is 30.3 Å². The van der Waals surface area contributed by atoms with E-state index < -0.39 is 16.0 Å². The average Bonchev–Trinajstić information content (AvgIpc) is 2.60. The van der Waals surface area contributed by atoms with Crippen molar-refractivity contribution in [1.82, 2.24) is 0 Å². The summed E-state index contributed by atoms with van der Waals surface area (Å²) in [5.74, 6) is -0.131. The molecular formula is C17H16ClNO5S. The molecule has 0 radical (unpaired) electrons. The second-order valence-corrected chi connectivity index (χ2v) is 6.95. The monoisotopic (exact) mass is 381 g/mol. The zero-order valence-electron chi connectivity index (χ0n) is 13.4. The molecule has 0 bridgehead atoms. The highest BCUT2D eigenvalue weighted by Crippen LogP contribution is 2.24. The molecule has 8 heteroatoms. The lowest BCUT2D eigenvalue weighted by Crippen LogP contribution is -2.14. The van der Waals surface area contributed by atoms with E-state index in [9.17, 15) is 13.2 Å². The van der Waals surface area contributed by atoms with Gasteiger partial charge in [0.25, 0.3) is 10.0 Å². The maximum absolute atomic E-state index is 12.5. The highest BCUT2D eigenvalue weighted by Gasteiger charge is 2.19. The van der Waals surface area contributed by atoms with Crippen molar-refractivity contribution in [2.75, 3.05) is 18.4 Å². The van der Waals surface area contributed by atoms with Crippen molar-refractivity contribution in [1.29, 1.82) is 0 Å². The van der Waals surface area contributed by atoms with Crippen molar-refractivity contribution in [2.24, 2.45) is 0 Å². The maximum Gasteiger partial charge on any atom is 0.339 e. The topological polar surface area (TPSA) is 81.7 Å². The number of ether oxygens (including phenoxy) is 2. The molecule has 2 rings (SSSR count). The minimum Gasteiger partial charge on any atom is -0.490 e. The summed E-state index contributed by atoms with van der Waals surface area (Å²) in [6, 6.07) is 10.2. The number of carbonyl (C=O) groups excluding carboxylic acids is 1. The SMILES string of the molecule is C=CCOc1ccc(NS(=O)(=O)c2ccc(Cl)c(C(=O)OC)c2)cc1. The lowest BCUT2D eigenvalue weighted by Gasteiger charge is -2.11. The normalized spacial score (nSPS) is 10.8. The van der Waals surface area contributed by atoms with Gasteiger partial charge in [-0.1, -0.05) is 24.3 Å². The quantitative estimate of drug-likeness (QED) is 0.586. The lowest BCUT2D eigenvalue weighted by molar-refractivity contribution is 0.0600. The Hall–Kier alpha value is -2.51. The number of methoxy groups -OCH3 is 1. The van der Waals surface area contributed by atoms with Gasteiger partial charge in [0.05, 0.1) is 22.6 Å².